The van der Waals surface area contributed by atoms with Gasteiger partial charge < -0.3 is 10.1 Å². The number of hydrogen-bond donors (Lipinski definition) is 1. The van der Waals surface area contributed by atoms with Crippen LogP contribution in [0.5, 0.6) is 0 Å². The molecule has 0 fully saturated rings. The van der Waals surface area contributed by atoms with E-state index in [1.54, 1.807) is 18.2 Å². The van der Waals surface area contributed by atoms with Crippen molar-refractivity contribution in [3.63, 3.8) is 0 Å². The first-order chi connectivity index (χ1) is 13.7. The lowest BCUT2D eigenvalue weighted by atomic mass is 10.1. The van der Waals surface area contributed by atoms with Crippen LogP contribution in [0.25, 0.3) is 0 Å². The van der Waals surface area contributed by atoms with Crippen LogP contribution in [0, 0.1) is 0 Å². The first-order valence-electron chi connectivity index (χ1n) is 9.38. The number of carbonyl (C=O) groups excluding carboxylic acids is 2. The average molecular weight is 416 g/mol. The second-order valence-electron chi connectivity index (χ2n) is 7.09. The zero-order valence-electron chi connectivity index (χ0n) is 16.6. The van der Waals surface area contributed by atoms with Crippen molar-refractivity contribution < 1.29 is 22.7 Å². The SMILES string of the molecule is CCc1ccccc1NC(=O)COC(=O)c1ccc2c(c1)C[C@H](C)N2S(C)(=O)=O. The highest BCUT2D eigenvalue weighted by Gasteiger charge is 2.32. The highest BCUT2D eigenvalue weighted by Crippen LogP contribution is 2.34. The van der Waals surface area contributed by atoms with Crippen molar-refractivity contribution in [2.75, 3.05) is 22.5 Å². The van der Waals surface area contributed by atoms with Crippen LogP contribution in [0.1, 0.15) is 35.3 Å². The summed E-state index contributed by atoms with van der Waals surface area (Å²) in [4.78, 5) is 24.5. The Balaban J connectivity index is 1.65. The van der Waals surface area contributed by atoms with Crippen LogP contribution in [0.4, 0.5) is 11.4 Å². The second-order valence-corrected chi connectivity index (χ2v) is 8.95. The lowest BCUT2D eigenvalue weighted by molar-refractivity contribution is -0.119. The lowest BCUT2D eigenvalue weighted by Gasteiger charge is -2.21. The number of para-hydroxylation sites is 1. The molecule has 0 aromatic heterocycles. The number of amides is 1. The van der Waals surface area contributed by atoms with Gasteiger partial charge in [-0.05, 0) is 55.2 Å². The minimum Gasteiger partial charge on any atom is -0.452 e. The number of hydrogen-bond acceptors (Lipinski definition) is 5. The van der Waals surface area contributed by atoms with Crippen LogP contribution in [-0.4, -0.2) is 39.2 Å². The third-order valence-corrected chi connectivity index (χ3v) is 6.10. The molecule has 1 N–H and O–H groups in total. The fraction of sp³-hybridized carbons (Fsp3) is 0.333. The largest absolute Gasteiger partial charge is 0.452 e. The van der Waals surface area contributed by atoms with Gasteiger partial charge in [0.05, 0.1) is 17.5 Å². The smallest absolute Gasteiger partial charge is 0.338 e. The number of fused-ring (bicyclic) bond motifs is 1. The Morgan fingerprint density at radius 2 is 1.93 bits per heavy atom. The fourth-order valence-electron chi connectivity index (χ4n) is 3.59. The van der Waals surface area contributed by atoms with E-state index in [4.69, 9.17) is 4.74 Å². The first-order valence-corrected chi connectivity index (χ1v) is 11.2. The molecule has 1 amide bonds. The topological polar surface area (TPSA) is 92.8 Å². The molecule has 29 heavy (non-hydrogen) atoms. The normalized spacial score (nSPS) is 15.7. The molecule has 3 rings (SSSR count). The monoisotopic (exact) mass is 416 g/mol. The van der Waals surface area contributed by atoms with Crippen molar-refractivity contribution >= 4 is 33.3 Å². The molecule has 0 radical (unpaired) electrons. The number of nitrogens with zero attached hydrogens (tertiary/aromatic N) is 1. The van der Waals surface area contributed by atoms with E-state index in [0.717, 1.165) is 23.8 Å². The van der Waals surface area contributed by atoms with E-state index in [1.807, 2.05) is 32.0 Å². The van der Waals surface area contributed by atoms with Gasteiger partial charge in [0.1, 0.15) is 0 Å². The van der Waals surface area contributed by atoms with Crippen molar-refractivity contribution in [3.8, 4) is 0 Å². The van der Waals surface area contributed by atoms with E-state index < -0.39 is 28.5 Å². The van der Waals surface area contributed by atoms with Crippen LogP contribution in [0.2, 0.25) is 0 Å². The van der Waals surface area contributed by atoms with Crippen molar-refractivity contribution in [2.24, 2.45) is 0 Å². The van der Waals surface area contributed by atoms with Crippen LogP contribution in [0.3, 0.4) is 0 Å². The second kappa shape index (κ2) is 8.24. The summed E-state index contributed by atoms with van der Waals surface area (Å²) in [6.45, 7) is 3.40. The molecule has 2 aromatic rings. The van der Waals surface area contributed by atoms with Crippen molar-refractivity contribution in [2.45, 2.75) is 32.7 Å². The minimum atomic E-state index is -3.39. The molecule has 1 aliphatic heterocycles. The van der Waals surface area contributed by atoms with E-state index in [1.165, 1.54) is 10.4 Å². The molecule has 0 bridgehead atoms. The van der Waals surface area contributed by atoms with E-state index >= 15 is 0 Å². The van der Waals surface area contributed by atoms with Gasteiger partial charge in [-0.2, -0.15) is 0 Å². The third kappa shape index (κ3) is 4.59. The number of carbonyl (C=O) groups is 2. The molecule has 0 spiro atoms. The summed E-state index contributed by atoms with van der Waals surface area (Å²) in [6.07, 6.45) is 2.45. The molecule has 2 aromatic carbocycles. The number of benzene rings is 2. The Morgan fingerprint density at radius 3 is 2.62 bits per heavy atom. The van der Waals surface area contributed by atoms with Crippen molar-refractivity contribution in [3.05, 3.63) is 59.2 Å². The van der Waals surface area contributed by atoms with E-state index in [-0.39, 0.29) is 11.6 Å². The van der Waals surface area contributed by atoms with Crippen LogP contribution in [-0.2, 0) is 32.4 Å². The Hall–Kier alpha value is -2.87. The summed E-state index contributed by atoms with van der Waals surface area (Å²) >= 11 is 0. The van der Waals surface area contributed by atoms with Gasteiger partial charge in [-0.1, -0.05) is 25.1 Å². The number of rotatable bonds is 6. The Morgan fingerprint density at radius 1 is 1.21 bits per heavy atom. The third-order valence-electron chi connectivity index (χ3n) is 4.83. The van der Waals surface area contributed by atoms with Gasteiger partial charge in [-0.3, -0.25) is 9.10 Å². The predicted octanol–water partition coefficient (Wildman–Crippen LogP) is 2.76. The van der Waals surface area contributed by atoms with E-state index in [9.17, 15) is 18.0 Å². The molecule has 1 heterocycles. The summed E-state index contributed by atoms with van der Waals surface area (Å²) in [5.41, 5.74) is 3.32. The quantitative estimate of drug-likeness (QED) is 0.731. The zero-order chi connectivity index (χ0) is 21.2. The number of nitrogens with one attached hydrogen (secondary N) is 1. The van der Waals surface area contributed by atoms with Crippen molar-refractivity contribution in [1.82, 2.24) is 0 Å². The zero-order valence-corrected chi connectivity index (χ0v) is 17.5. The van der Waals surface area contributed by atoms with E-state index in [2.05, 4.69) is 5.32 Å². The molecule has 0 aliphatic carbocycles. The highest BCUT2D eigenvalue weighted by atomic mass is 32.2. The maximum Gasteiger partial charge on any atom is 0.338 e. The highest BCUT2D eigenvalue weighted by molar-refractivity contribution is 7.92. The summed E-state index contributed by atoms with van der Waals surface area (Å²) < 4.78 is 30.5. The Kier molecular flexibility index (Phi) is 5.93. The van der Waals surface area contributed by atoms with Gasteiger partial charge in [-0.15, -0.1) is 0 Å². The van der Waals surface area contributed by atoms with Gasteiger partial charge in [-0.25, -0.2) is 13.2 Å². The number of anilines is 2. The van der Waals surface area contributed by atoms with Gasteiger partial charge in [0.15, 0.2) is 6.61 Å². The molecule has 1 aliphatic rings. The maximum absolute atomic E-state index is 12.4. The van der Waals surface area contributed by atoms with Crippen LogP contribution in [0.15, 0.2) is 42.5 Å². The van der Waals surface area contributed by atoms with Crippen LogP contribution >= 0.6 is 0 Å². The molecule has 7 nitrogen and oxygen atoms in total. The Labute approximate surface area is 170 Å². The van der Waals surface area contributed by atoms with Gasteiger partial charge >= 0.3 is 5.97 Å². The molecule has 0 unspecified atom stereocenters. The van der Waals surface area contributed by atoms with Gasteiger partial charge in [0.2, 0.25) is 10.0 Å². The number of sulfonamides is 1. The van der Waals surface area contributed by atoms with Gasteiger partial charge in [0, 0.05) is 11.7 Å². The summed E-state index contributed by atoms with van der Waals surface area (Å²) in [7, 11) is -3.39. The lowest BCUT2D eigenvalue weighted by Crippen LogP contribution is -2.34. The molecular formula is C21H24N2O5S. The standard InChI is InChI=1S/C21H24N2O5S/c1-4-15-7-5-6-8-18(15)22-20(24)13-28-21(25)16-9-10-19-17(12-16)11-14(2)23(19)29(3,26)27/h5-10,12,14H,4,11,13H2,1-3H3,(H,22,24)/t14-/m0/s1. The first kappa shape index (κ1) is 20.9. The summed E-state index contributed by atoms with van der Waals surface area (Å²) in [5, 5.41) is 2.75. The number of aryl methyl sites for hydroxylation is 1. The molecule has 0 saturated carbocycles. The molecule has 8 heteroatoms. The molecule has 154 valence electrons. The van der Waals surface area contributed by atoms with Crippen molar-refractivity contribution in [1.29, 1.82) is 0 Å². The maximum atomic E-state index is 12.4. The summed E-state index contributed by atoms with van der Waals surface area (Å²) in [6, 6.07) is 12.0. The average Bonchev–Trinajstić information content (AvgIpc) is 3.01. The molecular weight excluding hydrogens is 392 g/mol. The predicted molar refractivity (Wildman–Crippen MR) is 112 cm³/mol. The molecule has 1 atom stereocenters. The minimum absolute atomic E-state index is 0.212. The van der Waals surface area contributed by atoms with E-state index in [0.29, 0.717) is 17.8 Å². The number of ether oxygens (including phenoxy) is 1. The van der Waals surface area contributed by atoms with Crippen LogP contribution < -0.4 is 9.62 Å². The fourth-order valence-corrected chi connectivity index (χ4v) is 4.85. The molecule has 0 saturated heterocycles. The number of esters is 1. The van der Waals surface area contributed by atoms with Gasteiger partial charge in [0.25, 0.3) is 5.91 Å². The summed E-state index contributed by atoms with van der Waals surface area (Å²) in [5.74, 6) is -1.05. The Bertz CT molecular complexity index is 1050.